The lowest BCUT2D eigenvalue weighted by Gasteiger charge is -2.15. The smallest absolute Gasteiger partial charge is 0.256 e. The highest BCUT2D eigenvalue weighted by atomic mass is 32.2. The van der Waals surface area contributed by atoms with Gasteiger partial charge in [0.25, 0.3) is 5.56 Å². The molecule has 0 saturated carbocycles. The Balaban J connectivity index is 2.48. The van der Waals surface area contributed by atoms with E-state index in [1.807, 2.05) is 0 Å². The molecule has 0 radical (unpaired) electrons. The summed E-state index contributed by atoms with van der Waals surface area (Å²) in [6.45, 7) is 0. The first-order valence-corrected chi connectivity index (χ1v) is 6.27. The maximum atomic E-state index is 13.1. The van der Waals surface area contributed by atoms with Crippen LogP contribution in [0.3, 0.4) is 0 Å². The van der Waals surface area contributed by atoms with Gasteiger partial charge in [0, 0.05) is 17.0 Å². The van der Waals surface area contributed by atoms with Crippen molar-refractivity contribution in [3.8, 4) is 0 Å². The summed E-state index contributed by atoms with van der Waals surface area (Å²) in [6, 6.07) is 3.95. The van der Waals surface area contributed by atoms with Gasteiger partial charge in [-0.1, -0.05) is 6.07 Å². The van der Waals surface area contributed by atoms with Crippen LogP contribution in [0.5, 0.6) is 0 Å². The molecular weight excluding hydrogens is 241 g/mol. The number of nitrogens with one attached hydrogen (secondary N) is 1. The maximum Gasteiger partial charge on any atom is 0.256 e. The molecule has 0 amide bonds. The Morgan fingerprint density at radius 1 is 1.18 bits per heavy atom. The number of hydrogen-bond donors (Lipinski definition) is 1. The van der Waals surface area contributed by atoms with Crippen molar-refractivity contribution in [2.45, 2.75) is 5.75 Å². The van der Waals surface area contributed by atoms with Gasteiger partial charge >= 0.3 is 0 Å². The molecule has 5 heteroatoms. The number of ketones is 1. The first-order chi connectivity index (χ1) is 8.16. The Morgan fingerprint density at radius 2 is 2.00 bits per heavy atom. The standard InChI is InChI=1S/C12H8FNO2S/c13-6-1-2-7-8(3-6)12(16)14-9-4-17-5-10(15)11(7)9/h1-3H,4-5H2,(H,14,16). The number of aromatic amines is 1. The van der Waals surface area contributed by atoms with E-state index in [1.165, 1.54) is 30.0 Å². The third-order valence-electron chi connectivity index (χ3n) is 2.82. The highest BCUT2D eigenvalue weighted by Gasteiger charge is 2.22. The van der Waals surface area contributed by atoms with Crippen LogP contribution < -0.4 is 5.56 Å². The highest BCUT2D eigenvalue weighted by molar-refractivity contribution is 7.99. The number of carbonyl (C=O) groups excluding carboxylic acids is 1. The predicted molar refractivity (Wildman–Crippen MR) is 65.0 cm³/mol. The molecular formula is C12H8FNO2S. The summed E-state index contributed by atoms with van der Waals surface area (Å²) in [7, 11) is 0. The van der Waals surface area contributed by atoms with Crippen molar-refractivity contribution in [2.24, 2.45) is 0 Å². The Bertz CT molecular complexity index is 693. The Morgan fingerprint density at radius 3 is 2.82 bits per heavy atom. The van der Waals surface area contributed by atoms with Crippen molar-refractivity contribution < 1.29 is 9.18 Å². The lowest BCUT2D eigenvalue weighted by atomic mass is 10.0. The van der Waals surface area contributed by atoms with Crippen molar-refractivity contribution in [3.63, 3.8) is 0 Å². The number of thioether (sulfide) groups is 1. The number of carbonyl (C=O) groups is 1. The number of benzene rings is 1. The van der Waals surface area contributed by atoms with E-state index in [2.05, 4.69) is 4.98 Å². The number of hydrogen-bond acceptors (Lipinski definition) is 3. The van der Waals surface area contributed by atoms with Gasteiger partial charge in [0.1, 0.15) is 5.82 Å². The van der Waals surface area contributed by atoms with Gasteiger partial charge in [-0.3, -0.25) is 9.59 Å². The van der Waals surface area contributed by atoms with Gasteiger partial charge in [-0.05, 0) is 17.5 Å². The average molecular weight is 249 g/mol. The van der Waals surface area contributed by atoms with E-state index in [0.29, 0.717) is 28.1 Å². The maximum absolute atomic E-state index is 13.1. The van der Waals surface area contributed by atoms with Crippen LogP contribution in [0, 0.1) is 5.82 Å². The van der Waals surface area contributed by atoms with Gasteiger partial charge in [-0.15, -0.1) is 11.8 Å². The van der Waals surface area contributed by atoms with E-state index in [0.717, 1.165) is 0 Å². The molecule has 0 spiro atoms. The molecule has 1 N–H and O–H groups in total. The summed E-state index contributed by atoms with van der Waals surface area (Å²) in [5.74, 6) is 0.541. The molecule has 1 aromatic heterocycles. The molecule has 0 unspecified atom stereocenters. The van der Waals surface area contributed by atoms with E-state index in [-0.39, 0.29) is 16.7 Å². The molecule has 1 aliphatic rings. The zero-order valence-corrected chi connectivity index (χ0v) is 9.57. The van der Waals surface area contributed by atoms with Gasteiger partial charge in [-0.2, -0.15) is 0 Å². The van der Waals surface area contributed by atoms with Crippen molar-refractivity contribution in [2.75, 3.05) is 5.75 Å². The topological polar surface area (TPSA) is 49.9 Å². The second-order valence-corrected chi connectivity index (χ2v) is 4.90. The summed E-state index contributed by atoms with van der Waals surface area (Å²) in [5.41, 5.74) is 0.849. The number of rotatable bonds is 0. The number of aromatic nitrogens is 1. The molecule has 86 valence electrons. The normalized spacial score (nSPS) is 15.0. The molecule has 0 bridgehead atoms. The minimum atomic E-state index is -0.472. The molecule has 1 aliphatic heterocycles. The van der Waals surface area contributed by atoms with Crippen LogP contribution in [-0.2, 0) is 5.75 Å². The summed E-state index contributed by atoms with van der Waals surface area (Å²) < 4.78 is 13.1. The Hall–Kier alpha value is -1.62. The van der Waals surface area contributed by atoms with Crippen LogP contribution in [0.1, 0.15) is 16.1 Å². The Labute approximate surface area is 100 Å². The van der Waals surface area contributed by atoms with Crippen LogP contribution in [0.15, 0.2) is 23.0 Å². The number of pyridine rings is 1. The van der Waals surface area contributed by atoms with Crippen molar-refractivity contribution in [1.29, 1.82) is 0 Å². The zero-order valence-electron chi connectivity index (χ0n) is 8.75. The summed E-state index contributed by atoms with van der Waals surface area (Å²) in [6.07, 6.45) is 0. The quantitative estimate of drug-likeness (QED) is 0.777. The lowest BCUT2D eigenvalue weighted by molar-refractivity contribution is 0.102. The SMILES string of the molecule is O=C1CSCc2[nH]c(=O)c3cc(F)ccc3c21. The van der Waals surface area contributed by atoms with E-state index < -0.39 is 5.82 Å². The third-order valence-corrected chi connectivity index (χ3v) is 3.78. The minimum Gasteiger partial charge on any atom is -0.324 e. The monoisotopic (exact) mass is 249 g/mol. The van der Waals surface area contributed by atoms with E-state index in [1.54, 1.807) is 0 Å². The molecule has 0 atom stereocenters. The largest absolute Gasteiger partial charge is 0.324 e. The first-order valence-electron chi connectivity index (χ1n) is 5.12. The fourth-order valence-electron chi connectivity index (χ4n) is 2.10. The fraction of sp³-hybridized carbons (Fsp3) is 0.167. The van der Waals surface area contributed by atoms with Gasteiger partial charge in [0.2, 0.25) is 0 Å². The molecule has 0 fully saturated rings. The van der Waals surface area contributed by atoms with Crippen LogP contribution >= 0.6 is 11.8 Å². The second-order valence-electron chi connectivity index (χ2n) is 3.91. The van der Waals surface area contributed by atoms with Crippen molar-refractivity contribution in [1.82, 2.24) is 4.98 Å². The molecule has 1 aromatic carbocycles. The van der Waals surface area contributed by atoms with Gasteiger partial charge < -0.3 is 4.98 Å². The molecule has 0 saturated heterocycles. The first kappa shape index (κ1) is 10.5. The average Bonchev–Trinajstić information content (AvgIpc) is 2.30. The number of halogens is 1. The minimum absolute atomic E-state index is 0.0101. The van der Waals surface area contributed by atoms with Gasteiger partial charge in [0.15, 0.2) is 5.78 Å². The molecule has 2 heterocycles. The molecule has 3 rings (SSSR count). The van der Waals surface area contributed by atoms with Crippen LogP contribution in [0.25, 0.3) is 10.8 Å². The molecule has 3 nitrogen and oxygen atoms in total. The summed E-state index contributed by atoms with van der Waals surface area (Å²) in [4.78, 5) is 26.3. The zero-order chi connectivity index (χ0) is 12.0. The van der Waals surface area contributed by atoms with Crippen LogP contribution in [0.2, 0.25) is 0 Å². The lowest BCUT2D eigenvalue weighted by Crippen LogP contribution is -2.20. The third kappa shape index (κ3) is 1.58. The number of H-pyrrole nitrogens is 1. The highest BCUT2D eigenvalue weighted by Crippen LogP contribution is 2.27. The summed E-state index contributed by atoms with van der Waals surface area (Å²) in [5, 5.41) is 0.791. The number of Topliss-reactive ketones (excluding diaryl/α,β-unsaturated/α-hetero) is 1. The molecule has 2 aromatic rings. The van der Waals surface area contributed by atoms with Gasteiger partial charge in [0.05, 0.1) is 11.1 Å². The van der Waals surface area contributed by atoms with Crippen molar-refractivity contribution >= 4 is 28.3 Å². The Kier molecular flexibility index (Phi) is 2.29. The van der Waals surface area contributed by atoms with Crippen LogP contribution in [0.4, 0.5) is 4.39 Å². The second kappa shape index (κ2) is 3.70. The van der Waals surface area contributed by atoms with Crippen LogP contribution in [-0.4, -0.2) is 16.5 Å². The molecule has 0 aliphatic carbocycles. The van der Waals surface area contributed by atoms with E-state index >= 15 is 0 Å². The van der Waals surface area contributed by atoms with Crippen molar-refractivity contribution in [3.05, 3.63) is 45.6 Å². The van der Waals surface area contributed by atoms with Gasteiger partial charge in [-0.25, -0.2) is 4.39 Å². The van der Waals surface area contributed by atoms with E-state index in [4.69, 9.17) is 0 Å². The number of fused-ring (bicyclic) bond motifs is 3. The summed E-state index contributed by atoms with van der Waals surface area (Å²) >= 11 is 1.47. The fourth-order valence-corrected chi connectivity index (χ4v) is 2.95. The molecule has 17 heavy (non-hydrogen) atoms. The van der Waals surface area contributed by atoms with E-state index in [9.17, 15) is 14.0 Å². The predicted octanol–water partition coefficient (Wildman–Crippen LogP) is 2.10.